The van der Waals surface area contributed by atoms with Gasteiger partial charge in [-0.2, -0.15) is 0 Å². The van der Waals surface area contributed by atoms with Gasteiger partial charge in [0.1, 0.15) is 5.82 Å². The van der Waals surface area contributed by atoms with Crippen LogP contribution in [0.3, 0.4) is 0 Å². The van der Waals surface area contributed by atoms with Crippen LogP contribution >= 0.6 is 12.4 Å². The predicted octanol–water partition coefficient (Wildman–Crippen LogP) is 2.81. The molecule has 2 rings (SSSR count). The van der Waals surface area contributed by atoms with Crippen LogP contribution in [-0.4, -0.2) is 24.0 Å². The Morgan fingerprint density at radius 1 is 1.44 bits per heavy atom. The van der Waals surface area contributed by atoms with Crippen molar-refractivity contribution in [3.05, 3.63) is 35.6 Å². The Balaban J connectivity index is 0.00000162. The Morgan fingerprint density at radius 2 is 2.17 bits per heavy atom. The lowest BCUT2D eigenvalue weighted by molar-refractivity contribution is 0.153. The standard InChI is InChI=1S/C14H21FN2.ClH/c1-11(16)12-6-4-8-17(9-12)10-13-5-2-3-7-14(13)15;/h2-3,5,7,11-12H,4,6,8-10,16H2,1H3;1H. The zero-order chi connectivity index (χ0) is 12.3. The molecule has 1 aromatic carbocycles. The van der Waals surface area contributed by atoms with E-state index >= 15 is 0 Å². The lowest BCUT2D eigenvalue weighted by Gasteiger charge is -2.34. The molecule has 102 valence electrons. The minimum Gasteiger partial charge on any atom is -0.328 e. The van der Waals surface area contributed by atoms with E-state index < -0.39 is 0 Å². The van der Waals surface area contributed by atoms with Gasteiger partial charge in [0, 0.05) is 24.7 Å². The first-order valence-corrected chi connectivity index (χ1v) is 6.38. The van der Waals surface area contributed by atoms with Crippen LogP contribution in [0.15, 0.2) is 24.3 Å². The number of hydrogen-bond acceptors (Lipinski definition) is 2. The molecule has 1 aromatic rings. The molecule has 2 nitrogen and oxygen atoms in total. The Bertz CT molecular complexity index is 371. The minimum absolute atomic E-state index is 0. The van der Waals surface area contributed by atoms with Gasteiger partial charge in [0.15, 0.2) is 0 Å². The molecule has 0 spiro atoms. The van der Waals surface area contributed by atoms with Gasteiger partial charge in [-0.05, 0) is 38.3 Å². The van der Waals surface area contributed by atoms with E-state index in [-0.39, 0.29) is 24.3 Å². The minimum atomic E-state index is -0.101. The second-order valence-electron chi connectivity index (χ2n) is 5.09. The van der Waals surface area contributed by atoms with Crippen LogP contribution in [0, 0.1) is 11.7 Å². The molecule has 1 aliphatic rings. The average molecular weight is 273 g/mol. The molecule has 2 N–H and O–H groups in total. The zero-order valence-electron chi connectivity index (χ0n) is 10.8. The molecule has 0 amide bonds. The van der Waals surface area contributed by atoms with Crippen molar-refractivity contribution in [2.24, 2.45) is 11.7 Å². The van der Waals surface area contributed by atoms with Gasteiger partial charge < -0.3 is 5.73 Å². The molecular weight excluding hydrogens is 251 g/mol. The van der Waals surface area contributed by atoms with Crippen molar-refractivity contribution in [1.82, 2.24) is 4.90 Å². The first-order chi connectivity index (χ1) is 8.16. The Kier molecular flexibility index (Phi) is 6.06. The highest BCUT2D eigenvalue weighted by molar-refractivity contribution is 5.85. The molecule has 0 aliphatic carbocycles. The van der Waals surface area contributed by atoms with Crippen LogP contribution in [0.25, 0.3) is 0 Å². The largest absolute Gasteiger partial charge is 0.328 e. The third-order valence-electron chi connectivity index (χ3n) is 3.64. The highest BCUT2D eigenvalue weighted by Gasteiger charge is 2.22. The molecule has 2 unspecified atom stereocenters. The fourth-order valence-electron chi connectivity index (χ4n) is 2.53. The Morgan fingerprint density at radius 3 is 2.83 bits per heavy atom. The maximum absolute atomic E-state index is 13.5. The van der Waals surface area contributed by atoms with Gasteiger partial charge in [-0.15, -0.1) is 12.4 Å². The van der Waals surface area contributed by atoms with Crippen molar-refractivity contribution in [2.45, 2.75) is 32.4 Å². The van der Waals surface area contributed by atoms with E-state index in [0.717, 1.165) is 18.7 Å². The normalized spacial score (nSPS) is 22.3. The summed E-state index contributed by atoms with van der Waals surface area (Å²) < 4.78 is 13.5. The van der Waals surface area contributed by atoms with E-state index in [1.54, 1.807) is 6.07 Å². The summed E-state index contributed by atoms with van der Waals surface area (Å²) in [7, 11) is 0. The van der Waals surface area contributed by atoms with Crippen molar-refractivity contribution in [3.8, 4) is 0 Å². The van der Waals surface area contributed by atoms with Crippen molar-refractivity contribution in [1.29, 1.82) is 0 Å². The van der Waals surface area contributed by atoms with Gasteiger partial charge in [0.2, 0.25) is 0 Å². The predicted molar refractivity (Wildman–Crippen MR) is 75.3 cm³/mol. The second-order valence-corrected chi connectivity index (χ2v) is 5.09. The first kappa shape index (κ1) is 15.4. The molecule has 1 heterocycles. The van der Waals surface area contributed by atoms with E-state index in [2.05, 4.69) is 11.8 Å². The summed E-state index contributed by atoms with van der Waals surface area (Å²) in [6.07, 6.45) is 2.37. The average Bonchev–Trinajstić information content (AvgIpc) is 2.32. The smallest absolute Gasteiger partial charge is 0.127 e. The van der Waals surface area contributed by atoms with Crippen LogP contribution < -0.4 is 5.73 Å². The second kappa shape index (κ2) is 7.07. The van der Waals surface area contributed by atoms with Gasteiger partial charge in [-0.3, -0.25) is 4.90 Å². The molecule has 4 heteroatoms. The number of rotatable bonds is 3. The summed E-state index contributed by atoms with van der Waals surface area (Å²) in [6, 6.07) is 7.26. The van der Waals surface area contributed by atoms with Crippen LogP contribution in [0.4, 0.5) is 4.39 Å². The lowest BCUT2D eigenvalue weighted by Crippen LogP contribution is -2.42. The summed E-state index contributed by atoms with van der Waals surface area (Å²) in [6.45, 7) is 4.82. The first-order valence-electron chi connectivity index (χ1n) is 6.38. The number of nitrogens with two attached hydrogens (primary N) is 1. The maximum atomic E-state index is 13.5. The number of hydrogen-bond donors (Lipinski definition) is 1. The number of halogens is 2. The van der Waals surface area contributed by atoms with Crippen molar-refractivity contribution >= 4 is 12.4 Å². The van der Waals surface area contributed by atoms with E-state index in [4.69, 9.17) is 5.73 Å². The fraction of sp³-hybridized carbons (Fsp3) is 0.571. The van der Waals surface area contributed by atoms with Crippen LogP contribution in [-0.2, 0) is 6.54 Å². The zero-order valence-corrected chi connectivity index (χ0v) is 11.6. The van der Waals surface area contributed by atoms with Gasteiger partial charge >= 0.3 is 0 Å². The molecule has 0 bridgehead atoms. The van der Waals surface area contributed by atoms with E-state index in [0.29, 0.717) is 12.5 Å². The third kappa shape index (κ3) is 3.94. The van der Waals surface area contributed by atoms with Crippen LogP contribution in [0.2, 0.25) is 0 Å². The van der Waals surface area contributed by atoms with E-state index in [1.807, 2.05) is 12.1 Å². The van der Waals surface area contributed by atoms with Gasteiger partial charge in [0.25, 0.3) is 0 Å². The van der Waals surface area contributed by atoms with Crippen molar-refractivity contribution in [3.63, 3.8) is 0 Å². The number of likely N-dealkylation sites (tertiary alicyclic amines) is 1. The van der Waals surface area contributed by atoms with E-state index in [1.165, 1.54) is 18.9 Å². The lowest BCUT2D eigenvalue weighted by atomic mass is 9.92. The van der Waals surface area contributed by atoms with Gasteiger partial charge in [0.05, 0.1) is 0 Å². The Labute approximate surface area is 115 Å². The molecule has 18 heavy (non-hydrogen) atoms. The van der Waals surface area contributed by atoms with Gasteiger partial charge in [-0.1, -0.05) is 18.2 Å². The topological polar surface area (TPSA) is 29.3 Å². The van der Waals surface area contributed by atoms with E-state index in [9.17, 15) is 4.39 Å². The molecule has 0 radical (unpaired) electrons. The summed E-state index contributed by atoms with van der Waals surface area (Å²) in [4.78, 5) is 2.32. The molecular formula is C14H22ClFN2. The monoisotopic (exact) mass is 272 g/mol. The molecule has 1 saturated heterocycles. The fourth-order valence-corrected chi connectivity index (χ4v) is 2.53. The maximum Gasteiger partial charge on any atom is 0.127 e. The van der Waals surface area contributed by atoms with Crippen molar-refractivity contribution in [2.75, 3.05) is 13.1 Å². The summed E-state index contributed by atoms with van der Waals surface area (Å²) >= 11 is 0. The molecule has 1 fully saturated rings. The molecule has 0 saturated carbocycles. The number of benzene rings is 1. The molecule has 1 aliphatic heterocycles. The van der Waals surface area contributed by atoms with Gasteiger partial charge in [-0.25, -0.2) is 4.39 Å². The summed E-state index contributed by atoms with van der Waals surface area (Å²) in [5.74, 6) is 0.450. The summed E-state index contributed by atoms with van der Waals surface area (Å²) in [5, 5.41) is 0. The SMILES string of the molecule is CC(N)C1CCCN(Cc2ccccc2F)C1.Cl. The molecule has 2 atom stereocenters. The quantitative estimate of drug-likeness (QED) is 0.917. The highest BCUT2D eigenvalue weighted by Crippen LogP contribution is 2.21. The number of nitrogens with zero attached hydrogens (tertiary/aromatic N) is 1. The number of piperidine rings is 1. The Hall–Kier alpha value is -0.640. The highest BCUT2D eigenvalue weighted by atomic mass is 35.5. The summed E-state index contributed by atoms with van der Waals surface area (Å²) in [5.41, 5.74) is 6.74. The molecule has 0 aromatic heterocycles. The van der Waals surface area contributed by atoms with Crippen LogP contribution in [0.5, 0.6) is 0 Å². The van der Waals surface area contributed by atoms with Crippen LogP contribution in [0.1, 0.15) is 25.3 Å². The third-order valence-corrected chi connectivity index (χ3v) is 3.64. The van der Waals surface area contributed by atoms with Crippen molar-refractivity contribution < 1.29 is 4.39 Å².